The Kier molecular flexibility index (Phi) is 8.30. The average Bonchev–Trinajstić information content (AvgIpc) is 2.81. The van der Waals surface area contributed by atoms with Crippen LogP contribution in [-0.2, 0) is 9.59 Å². The van der Waals surface area contributed by atoms with E-state index in [1.165, 1.54) is 20.3 Å². The molecule has 5 nitrogen and oxygen atoms in total. The minimum absolute atomic E-state index is 0. The summed E-state index contributed by atoms with van der Waals surface area (Å²) >= 11 is 0. The molecule has 2 fully saturated rings. The van der Waals surface area contributed by atoms with E-state index in [0.29, 0.717) is 18.7 Å². The Morgan fingerprint density at radius 2 is 1.79 bits per heavy atom. The maximum Gasteiger partial charge on any atom is 0.259 e. The van der Waals surface area contributed by atoms with Crippen molar-refractivity contribution in [1.82, 2.24) is 10.2 Å². The number of nitrogens with zero attached hydrogens (tertiary/aromatic N) is 1. The lowest BCUT2D eigenvalue weighted by Gasteiger charge is -2.35. The highest BCUT2D eigenvalue weighted by Gasteiger charge is 2.35. The molecule has 33 heavy (non-hydrogen) atoms. The number of benzene rings is 1. The number of carbonyl (C=O) groups is 3. The van der Waals surface area contributed by atoms with E-state index in [2.05, 4.69) is 5.32 Å². The maximum absolute atomic E-state index is 14.2. The van der Waals surface area contributed by atoms with E-state index in [0.717, 1.165) is 44.1 Å². The fourth-order valence-electron chi connectivity index (χ4n) is 5.22. The quantitative estimate of drug-likeness (QED) is 0.601. The summed E-state index contributed by atoms with van der Waals surface area (Å²) in [4.78, 5) is 40.1. The Bertz CT molecular complexity index is 862. The highest BCUT2D eigenvalue weighted by Crippen LogP contribution is 2.30. The zero-order chi connectivity index (χ0) is 24.2. The van der Waals surface area contributed by atoms with Crippen molar-refractivity contribution in [2.24, 2.45) is 11.8 Å². The van der Waals surface area contributed by atoms with Crippen LogP contribution in [0.5, 0.6) is 0 Å². The average molecular weight is 461 g/mol. The van der Waals surface area contributed by atoms with Crippen LogP contribution in [0.3, 0.4) is 0 Å². The number of piperidine rings is 1. The number of carbonyl (C=O) groups excluding carboxylic acids is 3. The molecule has 1 aromatic rings. The van der Waals surface area contributed by atoms with Crippen molar-refractivity contribution < 1.29 is 20.2 Å². The molecule has 1 unspecified atom stereocenters. The molecular weight excluding hydrogens is 419 g/mol. The molecule has 0 spiro atoms. The number of ketones is 1. The first kappa shape index (κ1) is 25.4. The van der Waals surface area contributed by atoms with Crippen molar-refractivity contribution >= 4 is 17.6 Å². The predicted molar refractivity (Wildman–Crippen MR) is 130 cm³/mol. The number of amides is 2. The number of Topliss-reactive ketones (excluding diaryl/α,β-unsaturated/α-hetero) is 1. The first-order valence-corrected chi connectivity index (χ1v) is 12.5. The monoisotopic (exact) mass is 460 g/mol. The van der Waals surface area contributed by atoms with E-state index in [-0.39, 0.29) is 30.9 Å². The van der Waals surface area contributed by atoms with Gasteiger partial charge in [0, 0.05) is 31.9 Å². The second kappa shape index (κ2) is 10.8. The molecule has 2 aliphatic rings. The minimum Gasteiger partial charge on any atom is -0.342 e. The lowest BCUT2D eigenvalue weighted by molar-refractivity contribution is -0.143. The molecule has 1 aromatic carbocycles. The second-order valence-corrected chi connectivity index (χ2v) is 10.6. The first-order valence-electron chi connectivity index (χ1n) is 12.5. The highest BCUT2D eigenvalue weighted by atomic mass is 19.1. The molecule has 0 aromatic heterocycles. The summed E-state index contributed by atoms with van der Waals surface area (Å²) in [7, 11) is 0. The van der Waals surface area contributed by atoms with Gasteiger partial charge in [0.1, 0.15) is 0 Å². The SMILES string of the molecule is CC(C)C(=O)[C@H](NC(=O)c1cccc(C2CCCN(C(=O)C(C)(C)F)C2)c1)C1CCCCC1.[HH]. The summed E-state index contributed by atoms with van der Waals surface area (Å²) in [6, 6.07) is 7.01. The summed E-state index contributed by atoms with van der Waals surface area (Å²) < 4.78 is 14.2. The van der Waals surface area contributed by atoms with Gasteiger partial charge in [-0.1, -0.05) is 45.2 Å². The van der Waals surface area contributed by atoms with Gasteiger partial charge in [-0.05, 0) is 63.1 Å². The van der Waals surface area contributed by atoms with E-state index in [9.17, 15) is 18.8 Å². The van der Waals surface area contributed by atoms with Crippen molar-refractivity contribution in [1.29, 1.82) is 0 Å². The van der Waals surface area contributed by atoms with Crippen LogP contribution in [0.25, 0.3) is 0 Å². The lowest BCUT2D eigenvalue weighted by atomic mass is 9.80. The molecule has 1 aliphatic heterocycles. The van der Waals surface area contributed by atoms with Crippen molar-refractivity contribution in [3.8, 4) is 0 Å². The normalized spacial score (nSPS) is 21.0. The van der Waals surface area contributed by atoms with Crippen molar-refractivity contribution in [3.63, 3.8) is 0 Å². The number of halogens is 1. The van der Waals surface area contributed by atoms with Gasteiger partial charge in [0.15, 0.2) is 11.5 Å². The smallest absolute Gasteiger partial charge is 0.259 e. The summed E-state index contributed by atoms with van der Waals surface area (Å²) in [5.74, 6) is -0.485. The summed E-state index contributed by atoms with van der Waals surface area (Å²) in [6.07, 6.45) is 7.03. The molecule has 0 bridgehead atoms. The van der Waals surface area contributed by atoms with Crippen molar-refractivity contribution in [2.45, 2.75) is 90.3 Å². The van der Waals surface area contributed by atoms with Gasteiger partial charge in [-0.2, -0.15) is 0 Å². The van der Waals surface area contributed by atoms with Crippen LogP contribution in [0.15, 0.2) is 24.3 Å². The third-order valence-electron chi connectivity index (χ3n) is 7.12. The molecular formula is C27H41FN2O3. The van der Waals surface area contributed by atoms with Crippen LogP contribution in [0, 0.1) is 11.8 Å². The zero-order valence-electron chi connectivity index (χ0n) is 20.5. The van der Waals surface area contributed by atoms with Gasteiger partial charge in [-0.15, -0.1) is 0 Å². The Balaban J connectivity index is 0.00000408. The number of hydrogen-bond donors (Lipinski definition) is 1. The van der Waals surface area contributed by atoms with Crippen molar-refractivity contribution in [2.75, 3.05) is 13.1 Å². The molecule has 2 atom stereocenters. The second-order valence-electron chi connectivity index (χ2n) is 10.6. The van der Waals surface area contributed by atoms with Crippen LogP contribution in [0.1, 0.15) is 95.9 Å². The summed E-state index contributed by atoms with van der Waals surface area (Å²) in [5.41, 5.74) is -0.388. The predicted octanol–water partition coefficient (Wildman–Crippen LogP) is 5.29. The number of nitrogens with one attached hydrogen (secondary N) is 1. The molecule has 1 saturated heterocycles. The topological polar surface area (TPSA) is 66.5 Å². The van der Waals surface area contributed by atoms with Crippen LogP contribution in [0.4, 0.5) is 4.39 Å². The van der Waals surface area contributed by atoms with Crippen LogP contribution < -0.4 is 5.32 Å². The van der Waals surface area contributed by atoms with E-state index in [1.54, 1.807) is 11.0 Å². The van der Waals surface area contributed by atoms with Gasteiger partial charge in [0.2, 0.25) is 0 Å². The van der Waals surface area contributed by atoms with E-state index in [1.807, 2.05) is 32.0 Å². The Morgan fingerprint density at radius 1 is 1.09 bits per heavy atom. The molecule has 1 saturated carbocycles. The van der Waals surface area contributed by atoms with Gasteiger partial charge in [-0.25, -0.2) is 4.39 Å². The van der Waals surface area contributed by atoms with E-state index < -0.39 is 17.6 Å². The molecule has 2 amide bonds. The zero-order valence-corrected chi connectivity index (χ0v) is 20.5. The minimum atomic E-state index is -1.89. The van der Waals surface area contributed by atoms with Gasteiger partial charge in [0.25, 0.3) is 11.8 Å². The molecule has 0 radical (unpaired) electrons. The number of likely N-dealkylation sites (tertiary alicyclic amines) is 1. The molecule has 184 valence electrons. The Labute approximate surface area is 199 Å². The largest absolute Gasteiger partial charge is 0.342 e. The lowest BCUT2D eigenvalue weighted by Crippen LogP contribution is -2.48. The Hall–Kier alpha value is -2.24. The van der Waals surface area contributed by atoms with Gasteiger partial charge in [-0.3, -0.25) is 14.4 Å². The molecule has 1 aliphatic carbocycles. The van der Waals surface area contributed by atoms with Gasteiger partial charge in [0.05, 0.1) is 6.04 Å². The fraction of sp³-hybridized carbons (Fsp3) is 0.667. The molecule has 3 rings (SSSR count). The molecule has 6 heteroatoms. The number of rotatable bonds is 7. The highest BCUT2D eigenvalue weighted by molar-refractivity contribution is 5.98. The summed E-state index contributed by atoms with van der Waals surface area (Å²) in [5, 5.41) is 3.06. The van der Waals surface area contributed by atoms with Gasteiger partial charge < -0.3 is 10.2 Å². The molecule has 1 N–H and O–H groups in total. The van der Waals surface area contributed by atoms with E-state index >= 15 is 0 Å². The third kappa shape index (κ3) is 6.42. The molecule has 1 heterocycles. The van der Waals surface area contributed by atoms with Gasteiger partial charge >= 0.3 is 0 Å². The first-order chi connectivity index (χ1) is 15.6. The van der Waals surface area contributed by atoms with Crippen molar-refractivity contribution in [3.05, 3.63) is 35.4 Å². The van der Waals surface area contributed by atoms with Crippen LogP contribution >= 0.6 is 0 Å². The maximum atomic E-state index is 14.2. The standard InChI is InChI=1S/C27H39FN2O3.H2/c1-18(2)24(31)23(19-10-6-5-7-11-19)29-25(32)21-13-8-12-20(16-21)22-14-9-15-30(17-22)26(33)27(3,4)28;/h8,12-13,16,18-19,22-23H,5-7,9-11,14-15,17H2,1-4H3,(H,29,32);1H/t22?,23-;/m1./s1. The van der Waals surface area contributed by atoms with Crippen LogP contribution in [-0.4, -0.2) is 47.3 Å². The fourth-order valence-corrected chi connectivity index (χ4v) is 5.22. The van der Waals surface area contributed by atoms with E-state index in [4.69, 9.17) is 0 Å². The van der Waals surface area contributed by atoms with Crippen LogP contribution in [0.2, 0.25) is 0 Å². The number of alkyl halides is 1. The summed E-state index contributed by atoms with van der Waals surface area (Å²) in [6.45, 7) is 7.38. The number of hydrogen-bond acceptors (Lipinski definition) is 3. The Morgan fingerprint density at radius 3 is 2.42 bits per heavy atom. The third-order valence-corrected chi connectivity index (χ3v) is 7.12.